The Morgan fingerprint density at radius 3 is 2.50 bits per heavy atom. The summed E-state index contributed by atoms with van der Waals surface area (Å²) in [6, 6.07) is 9.54. The van der Waals surface area contributed by atoms with E-state index >= 15 is 0 Å². The minimum atomic E-state index is -4.66. The number of nitrogens with zero attached hydrogens (tertiary/aromatic N) is 3. The number of nitrogens with one attached hydrogen (secondary N) is 1. The van der Waals surface area contributed by atoms with E-state index in [0.29, 0.717) is 10.1 Å². The summed E-state index contributed by atoms with van der Waals surface area (Å²) in [5, 5.41) is 6.78. The van der Waals surface area contributed by atoms with E-state index in [9.17, 15) is 18.0 Å². The summed E-state index contributed by atoms with van der Waals surface area (Å²) in [5.41, 5.74) is -0.443. The molecule has 1 aliphatic rings. The lowest BCUT2D eigenvalue weighted by molar-refractivity contribution is -0.142. The maximum atomic E-state index is 13.7. The minimum absolute atomic E-state index is 0.0270. The smallest absolute Gasteiger partial charge is 0.348 e. The summed E-state index contributed by atoms with van der Waals surface area (Å²) in [4.78, 5) is 16.9. The number of hydrogen-bond donors (Lipinski definition) is 1. The first kappa shape index (κ1) is 18.9. The van der Waals surface area contributed by atoms with Gasteiger partial charge in [-0.25, -0.2) is 9.50 Å². The lowest BCUT2D eigenvalue weighted by Crippen LogP contribution is -2.33. The van der Waals surface area contributed by atoms with Crippen molar-refractivity contribution in [2.45, 2.75) is 37.9 Å². The molecular weight excluding hydrogens is 437 g/mol. The number of amides is 1. The van der Waals surface area contributed by atoms with Gasteiger partial charge in [0.2, 0.25) is 0 Å². The van der Waals surface area contributed by atoms with Crippen LogP contribution in [0.5, 0.6) is 0 Å². The van der Waals surface area contributed by atoms with Crippen LogP contribution < -0.4 is 5.32 Å². The van der Waals surface area contributed by atoms with Crippen LogP contribution in [0.2, 0.25) is 0 Å². The van der Waals surface area contributed by atoms with Crippen LogP contribution in [0.25, 0.3) is 16.9 Å². The molecule has 2 heterocycles. The highest BCUT2D eigenvalue weighted by molar-refractivity contribution is 9.10. The molecule has 1 saturated carbocycles. The van der Waals surface area contributed by atoms with E-state index in [1.165, 1.54) is 0 Å². The highest BCUT2D eigenvalue weighted by Gasteiger charge is 2.36. The van der Waals surface area contributed by atoms with Gasteiger partial charge in [-0.05, 0) is 34.8 Å². The van der Waals surface area contributed by atoms with Gasteiger partial charge in [0.05, 0.1) is 10.2 Å². The van der Waals surface area contributed by atoms with Gasteiger partial charge in [0, 0.05) is 11.6 Å². The van der Waals surface area contributed by atoms with E-state index in [4.69, 9.17) is 0 Å². The lowest BCUT2D eigenvalue weighted by atomic mass is 10.1. The van der Waals surface area contributed by atoms with Crippen molar-refractivity contribution < 1.29 is 18.0 Å². The molecule has 146 valence electrons. The molecule has 1 N–H and O–H groups in total. The summed E-state index contributed by atoms with van der Waals surface area (Å²) < 4.78 is 41.9. The topological polar surface area (TPSA) is 59.3 Å². The van der Waals surface area contributed by atoms with E-state index in [1.54, 1.807) is 30.3 Å². The van der Waals surface area contributed by atoms with Crippen molar-refractivity contribution in [2.75, 3.05) is 0 Å². The van der Waals surface area contributed by atoms with Crippen molar-refractivity contribution >= 4 is 27.5 Å². The third-order valence-corrected chi connectivity index (χ3v) is 5.53. The normalized spacial score (nSPS) is 15.3. The first-order valence-corrected chi connectivity index (χ1v) is 9.66. The van der Waals surface area contributed by atoms with Gasteiger partial charge < -0.3 is 5.32 Å². The molecule has 0 unspecified atom stereocenters. The van der Waals surface area contributed by atoms with Gasteiger partial charge in [0.15, 0.2) is 17.0 Å². The molecule has 0 aliphatic heterocycles. The second-order valence-electron chi connectivity index (χ2n) is 6.74. The van der Waals surface area contributed by atoms with Crippen molar-refractivity contribution in [3.05, 3.63) is 52.3 Å². The van der Waals surface area contributed by atoms with E-state index in [2.05, 4.69) is 31.3 Å². The van der Waals surface area contributed by atoms with Crippen LogP contribution in [0.15, 0.2) is 40.9 Å². The number of carbonyl (C=O) groups is 1. The molecule has 28 heavy (non-hydrogen) atoms. The Balaban J connectivity index is 1.84. The molecule has 3 aromatic rings. The molecule has 0 bridgehead atoms. The number of halogens is 4. The molecule has 1 aromatic carbocycles. The third-order valence-electron chi connectivity index (χ3n) is 4.80. The predicted molar refractivity (Wildman–Crippen MR) is 101 cm³/mol. The van der Waals surface area contributed by atoms with Gasteiger partial charge in [0.25, 0.3) is 5.91 Å². The highest BCUT2D eigenvalue weighted by Crippen LogP contribution is 2.34. The van der Waals surface area contributed by atoms with Crippen molar-refractivity contribution in [1.29, 1.82) is 0 Å². The molecule has 4 rings (SSSR count). The molecular formula is C19H16BrF3N4O. The summed E-state index contributed by atoms with van der Waals surface area (Å²) in [6.07, 6.45) is -0.883. The molecule has 2 aromatic heterocycles. The zero-order valence-corrected chi connectivity index (χ0v) is 16.2. The molecule has 1 fully saturated rings. The molecule has 9 heteroatoms. The number of fused-ring (bicyclic) bond motifs is 1. The zero-order chi connectivity index (χ0) is 19.9. The van der Waals surface area contributed by atoms with Crippen LogP contribution in [-0.2, 0) is 6.18 Å². The third kappa shape index (κ3) is 3.50. The van der Waals surface area contributed by atoms with Gasteiger partial charge >= 0.3 is 6.18 Å². The number of alkyl halides is 3. The van der Waals surface area contributed by atoms with E-state index < -0.39 is 17.8 Å². The van der Waals surface area contributed by atoms with Crippen LogP contribution in [0, 0.1) is 0 Å². The van der Waals surface area contributed by atoms with Crippen molar-refractivity contribution in [3.8, 4) is 11.3 Å². The van der Waals surface area contributed by atoms with Crippen LogP contribution >= 0.6 is 15.9 Å². The quantitative estimate of drug-likeness (QED) is 0.617. The maximum absolute atomic E-state index is 13.7. The van der Waals surface area contributed by atoms with Gasteiger partial charge in [-0.1, -0.05) is 43.2 Å². The Bertz CT molecular complexity index is 1030. The van der Waals surface area contributed by atoms with E-state index in [-0.39, 0.29) is 27.5 Å². The lowest BCUT2D eigenvalue weighted by Gasteiger charge is -2.11. The fourth-order valence-electron chi connectivity index (χ4n) is 3.42. The van der Waals surface area contributed by atoms with E-state index in [1.807, 2.05) is 0 Å². The monoisotopic (exact) mass is 452 g/mol. The Kier molecular flexibility index (Phi) is 4.86. The Morgan fingerprint density at radius 1 is 1.18 bits per heavy atom. The molecule has 1 amide bonds. The maximum Gasteiger partial charge on any atom is 0.433 e. The zero-order valence-electron chi connectivity index (χ0n) is 14.6. The number of hydrogen-bond acceptors (Lipinski definition) is 3. The van der Waals surface area contributed by atoms with Crippen molar-refractivity contribution in [1.82, 2.24) is 19.9 Å². The average Bonchev–Trinajstić information content (AvgIpc) is 3.29. The van der Waals surface area contributed by atoms with Gasteiger partial charge in [-0.15, -0.1) is 0 Å². The highest BCUT2D eigenvalue weighted by atomic mass is 79.9. The fraction of sp³-hybridized carbons (Fsp3) is 0.316. The first-order chi connectivity index (χ1) is 13.3. The summed E-state index contributed by atoms with van der Waals surface area (Å²) in [6.45, 7) is 0. The van der Waals surface area contributed by atoms with Gasteiger partial charge in [0.1, 0.15) is 0 Å². The van der Waals surface area contributed by atoms with Gasteiger partial charge in [-0.2, -0.15) is 18.3 Å². The molecule has 0 saturated heterocycles. The number of aromatic nitrogens is 3. The second kappa shape index (κ2) is 7.20. The molecule has 0 atom stereocenters. The SMILES string of the molecule is O=C(NC1CCCC1)c1nn2c(C(F)(F)F)cc(-c3ccccc3)nc2c1Br. The van der Waals surface area contributed by atoms with Crippen LogP contribution in [-0.4, -0.2) is 26.5 Å². The van der Waals surface area contributed by atoms with Crippen LogP contribution in [0.4, 0.5) is 13.2 Å². The Hall–Kier alpha value is -2.42. The van der Waals surface area contributed by atoms with Crippen LogP contribution in [0.3, 0.4) is 0 Å². The van der Waals surface area contributed by atoms with Crippen molar-refractivity contribution in [3.63, 3.8) is 0 Å². The van der Waals surface area contributed by atoms with Gasteiger partial charge in [-0.3, -0.25) is 4.79 Å². The predicted octanol–water partition coefficient (Wildman–Crippen LogP) is 4.85. The minimum Gasteiger partial charge on any atom is -0.348 e. The Morgan fingerprint density at radius 2 is 1.86 bits per heavy atom. The average molecular weight is 453 g/mol. The standard InChI is InChI=1S/C19H16BrF3N4O/c20-15-16(18(28)24-12-8-4-5-9-12)26-27-14(19(21,22)23)10-13(25-17(15)27)11-6-2-1-3-7-11/h1-3,6-7,10,12H,4-5,8-9H2,(H,24,28). The Labute approximate surface area is 167 Å². The summed E-state index contributed by atoms with van der Waals surface area (Å²) >= 11 is 3.24. The summed E-state index contributed by atoms with van der Waals surface area (Å²) in [7, 11) is 0. The molecule has 0 radical (unpaired) electrons. The molecule has 0 spiro atoms. The molecule has 5 nitrogen and oxygen atoms in total. The second-order valence-corrected chi connectivity index (χ2v) is 7.54. The first-order valence-electron chi connectivity index (χ1n) is 8.87. The largest absolute Gasteiger partial charge is 0.433 e. The fourth-order valence-corrected chi connectivity index (χ4v) is 3.94. The van der Waals surface area contributed by atoms with E-state index in [0.717, 1.165) is 31.7 Å². The number of carbonyl (C=O) groups excluding carboxylic acids is 1. The number of benzene rings is 1. The summed E-state index contributed by atoms with van der Waals surface area (Å²) in [5.74, 6) is -0.501. The number of rotatable bonds is 3. The van der Waals surface area contributed by atoms with Crippen molar-refractivity contribution in [2.24, 2.45) is 0 Å². The molecule has 1 aliphatic carbocycles. The van der Waals surface area contributed by atoms with Crippen LogP contribution in [0.1, 0.15) is 41.9 Å².